The number of carbonyl (C=O) groups is 1. The van der Waals surface area contributed by atoms with Gasteiger partial charge >= 0.3 is 0 Å². The summed E-state index contributed by atoms with van der Waals surface area (Å²) in [6.45, 7) is 5.77. The quantitative estimate of drug-likeness (QED) is 0.812. The highest BCUT2D eigenvalue weighted by molar-refractivity contribution is 5.82. The van der Waals surface area contributed by atoms with Crippen LogP contribution in [0.25, 0.3) is 11.0 Å². The Morgan fingerprint density at radius 3 is 2.86 bits per heavy atom. The molecule has 2 aromatic rings. The number of hydrogen-bond acceptors (Lipinski definition) is 3. The average molecular weight is 287 g/mol. The molecule has 1 unspecified atom stereocenters. The number of para-hydroxylation sites is 2. The molecule has 1 heterocycles. The Morgan fingerprint density at radius 2 is 2.14 bits per heavy atom. The molecule has 2 rings (SSSR count). The summed E-state index contributed by atoms with van der Waals surface area (Å²) < 4.78 is 2.18. The lowest BCUT2D eigenvalue weighted by Crippen LogP contribution is -2.14. The number of carbonyl (C=O) groups excluding carboxylic acids is 1. The zero-order chi connectivity index (χ0) is 15.2. The van der Waals surface area contributed by atoms with Gasteiger partial charge in [-0.1, -0.05) is 26.0 Å². The van der Waals surface area contributed by atoms with E-state index in [0.29, 0.717) is 25.3 Å². The van der Waals surface area contributed by atoms with Gasteiger partial charge in [-0.05, 0) is 37.4 Å². The first kappa shape index (κ1) is 15.7. The molecule has 0 aliphatic carbocycles. The molecule has 0 amide bonds. The van der Waals surface area contributed by atoms with Gasteiger partial charge in [0.25, 0.3) is 0 Å². The molecular weight excluding hydrogens is 262 g/mol. The van der Waals surface area contributed by atoms with Crippen molar-refractivity contribution in [3.8, 4) is 0 Å². The van der Waals surface area contributed by atoms with Crippen LogP contribution in [-0.2, 0) is 17.8 Å². The minimum absolute atomic E-state index is 0.253. The molecule has 4 nitrogen and oxygen atoms in total. The van der Waals surface area contributed by atoms with Crippen molar-refractivity contribution in [3.63, 3.8) is 0 Å². The van der Waals surface area contributed by atoms with Gasteiger partial charge in [0.2, 0.25) is 0 Å². The maximum atomic E-state index is 12.2. The Bertz CT molecular complexity index is 603. The highest BCUT2D eigenvalue weighted by Gasteiger charge is 2.14. The van der Waals surface area contributed by atoms with Gasteiger partial charge in [-0.2, -0.15) is 0 Å². The van der Waals surface area contributed by atoms with Crippen molar-refractivity contribution in [2.45, 2.75) is 46.1 Å². The van der Waals surface area contributed by atoms with Crippen molar-refractivity contribution in [2.24, 2.45) is 11.7 Å². The molecule has 0 radical (unpaired) electrons. The Labute approximate surface area is 126 Å². The Balaban J connectivity index is 2.13. The lowest BCUT2D eigenvalue weighted by molar-refractivity contribution is -0.118. The number of Topliss-reactive ketones (excluding diaryl/α,β-unsaturated/α-hetero) is 1. The van der Waals surface area contributed by atoms with Gasteiger partial charge in [-0.15, -0.1) is 0 Å². The predicted molar refractivity (Wildman–Crippen MR) is 86.2 cm³/mol. The van der Waals surface area contributed by atoms with Crippen LogP contribution in [0, 0.1) is 5.92 Å². The lowest BCUT2D eigenvalue weighted by atomic mass is 10.0. The molecule has 2 N–H and O–H groups in total. The number of aryl methyl sites for hydroxylation is 1. The molecule has 1 aromatic carbocycles. The van der Waals surface area contributed by atoms with Gasteiger partial charge in [0.05, 0.1) is 17.5 Å². The summed E-state index contributed by atoms with van der Waals surface area (Å²) in [5, 5.41) is 0. The van der Waals surface area contributed by atoms with E-state index in [9.17, 15) is 4.79 Å². The van der Waals surface area contributed by atoms with Crippen molar-refractivity contribution >= 4 is 16.8 Å². The highest BCUT2D eigenvalue weighted by atomic mass is 16.1. The maximum Gasteiger partial charge on any atom is 0.140 e. The second-order valence-electron chi connectivity index (χ2n) is 5.76. The summed E-state index contributed by atoms with van der Waals surface area (Å²) in [4.78, 5) is 16.8. The number of nitrogens with two attached hydrogens (primary N) is 1. The number of ketones is 1. The van der Waals surface area contributed by atoms with E-state index < -0.39 is 0 Å². The van der Waals surface area contributed by atoms with E-state index in [-0.39, 0.29) is 5.78 Å². The first-order valence-corrected chi connectivity index (χ1v) is 7.81. The molecule has 0 bridgehead atoms. The summed E-state index contributed by atoms with van der Waals surface area (Å²) in [5.74, 6) is 1.55. The topological polar surface area (TPSA) is 60.9 Å². The van der Waals surface area contributed by atoms with E-state index >= 15 is 0 Å². The minimum Gasteiger partial charge on any atom is -0.330 e. The van der Waals surface area contributed by atoms with Crippen LogP contribution >= 0.6 is 0 Å². The Morgan fingerprint density at radius 1 is 1.38 bits per heavy atom. The highest BCUT2D eigenvalue weighted by Crippen LogP contribution is 2.18. The standard InChI is InChI=1S/C17H25N3O/c1-3-10-20-16-7-5-4-6-15(16)19-17(20)11-14(21)9-8-13(2)12-18/h4-7,13H,3,8-12,18H2,1-2H3. The monoisotopic (exact) mass is 287 g/mol. The summed E-state index contributed by atoms with van der Waals surface area (Å²) in [6.07, 6.45) is 2.91. The molecule has 1 atom stereocenters. The molecular formula is C17H25N3O. The molecule has 0 spiro atoms. The average Bonchev–Trinajstić information content (AvgIpc) is 2.83. The molecule has 0 aliphatic rings. The van der Waals surface area contributed by atoms with Crippen molar-refractivity contribution in [3.05, 3.63) is 30.1 Å². The molecule has 0 aliphatic heterocycles. The summed E-state index contributed by atoms with van der Waals surface area (Å²) in [5.41, 5.74) is 7.70. The van der Waals surface area contributed by atoms with Gasteiger partial charge in [0, 0.05) is 13.0 Å². The first-order chi connectivity index (χ1) is 10.2. The van der Waals surface area contributed by atoms with Crippen LogP contribution in [-0.4, -0.2) is 21.9 Å². The Kier molecular flexibility index (Phi) is 5.51. The van der Waals surface area contributed by atoms with Gasteiger partial charge < -0.3 is 10.3 Å². The number of fused-ring (bicyclic) bond motifs is 1. The molecule has 4 heteroatoms. The summed E-state index contributed by atoms with van der Waals surface area (Å²) >= 11 is 0. The van der Waals surface area contributed by atoms with Gasteiger partial charge in [-0.25, -0.2) is 4.98 Å². The second-order valence-corrected chi connectivity index (χ2v) is 5.76. The SMILES string of the molecule is CCCn1c(CC(=O)CCC(C)CN)nc2ccccc21. The second kappa shape index (κ2) is 7.36. The Hall–Kier alpha value is -1.68. The van der Waals surface area contributed by atoms with Crippen LogP contribution in [0.3, 0.4) is 0 Å². The molecule has 21 heavy (non-hydrogen) atoms. The van der Waals surface area contributed by atoms with Crippen LogP contribution in [0.4, 0.5) is 0 Å². The third kappa shape index (κ3) is 3.91. The first-order valence-electron chi connectivity index (χ1n) is 7.81. The van der Waals surface area contributed by atoms with E-state index in [1.54, 1.807) is 0 Å². The zero-order valence-corrected chi connectivity index (χ0v) is 13.0. The fraction of sp³-hybridized carbons (Fsp3) is 0.529. The number of benzene rings is 1. The predicted octanol–water partition coefficient (Wildman–Crippen LogP) is 2.93. The van der Waals surface area contributed by atoms with Crippen molar-refractivity contribution in [2.75, 3.05) is 6.54 Å². The smallest absolute Gasteiger partial charge is 0.140 e. The van der Waals surface area contributed by atoms with Crippen LogP contribution in [0.1, 0.15) is 38.9 Å². The summed E-state index contributed by atoms with van der Waals surface area (Å²) in [7, 11) is 0. The lowest BCUT2D eigenvalue weighted by Gasteiger charge is -2.09. The fourth-order valence-corrected chi connectivity index (χ4v) is 2.52. The number of hydrogen-bond donors (Lipinski definition) is 1. The molecule has 0 saturated carbocycles. The van der Waals surface area contributed by atoms with E-state index in [1.807, 2.05) is 18.2 Å². The minimum atomic E-state index is 0.253. The third-order valence-corrected chi connectivity index (χ3v) is 3.85. The maximum absolute atomic E-state index is 12.2. The van der Waals surface area contributed by atoms with E-state index in [1.165, 1.54) is 0 Å². The van der Waals surface area contributed by atoms with Gasteiger partial charge in [0.15, 0.2) is 0 Å². The van der Waals surface area contributed by atoms with E-state index in [4.69, 9.17) is 5.73 Å². The molecule has 114 valence electrons. The molecule has 0 saturated heterocycles. The van der Waals surface area contributed by atoms with Crippen LogP contribution in [0.15, 0.2) is 24.3 Å². The number of rotatable bonds is 8. The number of aromatic nitrogens is 2. The van der Waals surface area contributed by atoms with Crippen molar-refractivity contribution in [1.29, 1.82) is 0 Å². The van der Waals surface area contributed by atoms with E-state index in [0.717, 1.165) is 36.2 Å². The molecule has 1 aromatic heterocycles. The third-order valence-electron chi connectivity index (χ3n) is 3.85. The normalized spacial score (nSPS) is 12.7. The fourth-order valence-electron chi connectivity index (χ4n) is 2.52. The number of imidazole rings is 1. The number of nitrogens with zero attached hydrogens (tertiary/aromatic N) is 2. The zero-order valence-electron chi connectivity index (χ0n) is 13.0. The van der Waals surface area contributed by atoms with Crippen molar-refractivity contribution < 1.29 is 4.79 Å². The molecule has 0 fully saturated rings. The largest absolute Gasteiger partial charge is 0.330 e. The van der Waals surface area contributed by atoms with Crippen LogP contribution in [0.2, 0.25) is 0 Å². The van der Waals surface area contributed by atoms with Gasteiger partial charge in [-0.3, -0.25) is 4.79 Å². The van der Waals surface area contributed by atoms with Crippen LogP contribution in [0.5, 0.6) is 0 Å². The van der Waals surface area contributed by atoms with Crippen molar-refractivity contribution in [1.82, 2.24) is 9.55 Å². The van der Waals surface area contributed by atoms with Crippen LogP contribution < -0.4 is 5.73 Å². The van der Waals surface area contributed by atoms with E-state index in [2.05, 4.69) is 29.5 Å². The summed E-state index contributed by atoms with van der Waals surface area (Å²) in [6, 6.07) is 8.08. The van der Waals surface area contributed by atoms with Gasteiger partial charge in [0.1, 0.15) is 11.6 Å².